The molecule has 1 heterocycles. The molecule has 3 rings (SSSR count). The summed E-state index contributed by atoms with van der Waals surface area (Å²) >= 11 is 0. The molecule has 51 heavy (non-hydrogen) atoms. The largest absolute Gasteiger partial charge is 0.447 e. The van der Waals surface area contributed by atoms with E-state index in [-0.39, 0.29) is 48.6 Å². The number of piperidine rings is 1. The third-order valence-electron chi connectivity index (χ3n) is 11.1. The Balaban J connectivity index is 1.88. The molecule has 0 aromatic rings. The molecule has 5 N–H and O–H groups in total. The van der Waals surface area contributed by atoms with Gasteiger partial charge in [-0.05, 0) is 67.6 Å². The van der Waals surface area contributed by atoms with E-state index in [9.17, 15) is 28.8 Å². The fourth-order valence-electron chi connectivity index (χ4n) is 7.67. The molecule has 13 heteroatoms. The van der Waals surface area contributed by atoms with Crippen molar-refractivity contribution in [1.82, 2.24) is 31.5 Å². The molecular weight excluding hydrogens is 652 g/mol. The second kappa shape index (κ2) is 17.1. The van der Waals surface area contributed by atoms with Gasteiger partial charge in [0.1, 0.15) is 18.7 Å². The fraction of sp³-hybridized carbons (Fsp3) is 0.789. The molecule has 3 aliphatic rings. The van der Waals surface area contributed by atoms with Crippen LogP contribution in [0.2, 0.25) is 0 Å². The predicted octanol–water partition coefficient (Wildman–Crippen LogP) is 3.65. The van der Waals surface area contributed by atoms with Gasteiger partial charge in [-0.3, -0.25) is 19.2 Å². The van der Waals surface area contributed by atoms with Gasteiger partial charge in [-0.1, -0.05) is 67.7 Å². The first-order valence-electron chi connectivity index (χ1n) is 18.6. The van der Waals surface area contributed by atoms with Crippen molar-refractivity contribution >= 4 is 35.6 Å². The third-order valence-corrected chi connectivity index (χ3v) is 11.1. The summed E-state index contributed by atoms with van der Waals surface area (Å²) in [6, 6.07) is -4.24. The standard InChI is InChI=1S/C38H62N6O7/c1-11-13-17-25(29(45)32(47)39-20-12-2)41-31(46)28-27-24(37(27,8)9)21-44(28)33(48)30(38(10)18-15-14-16-19-38)43-34(49)42-26(36(5,6)7)22-51-35(50)40-23(3)4/h1,23-28,30H,12-22H2,2-10H3,(H,39,47)(H,40,50)(H,41,46)(H2,42,43,49)/t24?,25?,26-,27+,28?,30?/m1/s1. The summed E-state index contributed by atoms with van der Waals surface area (Å²) in [7, 11) is 0. The Morgan fingerprint density at radius 2 is 1.61 bits per heavy atom. The molecular formula is C38H62N6O7. The molecule has 286 valence electrons. The number of ketones is 1. The Labute approximate surface area is 304 Å². The first kappa shape index (κ1) is 41.6. The summed E-state index contributed by atoms with van der Waals surface area (Å²) in [6.07, 6.45) is 10.0. The number of fused-ring (bicyclic) bond motifs is 1. The molecule has 2 aliphatic carbocycles. The van der Waals surface area contributed by atoms with Gasteiger partial charge in [-0.2, -0.15) is 0 Å². The number of urea groups is 1. The van der Waals surface area contributed by atoms with Crippen molar-refractivity contribution in [3.05, 3.63) is 0 Å². The highest BCUT2D eigenvalue weighted by Crippen LogP contribution is 2.65. The first-order valence-corrected chi connectivity index (χ1v) is 18.6. The maximum Gasteiger partial charge on any atom is 0.407 e. The minimum Gasteiger partial charge on any atom is -0.447 e. The molecule has 4 unspecified atom stereocenters. The zero-order valence-electron chi connectivity index (χ0n) is 32.2. The number of Topliss-reactive ketones (excluding diaryl/α,β-unsaturated/α-hetero) is 1. The number of nitrogens with one attached hydrogen (secondary N) is 5. The van der Waals surface area contributed by atoms with Gasteiger partial charge in [0.05, 0.1) is 12.1 Å². The normalized spacial score (nSPS) is 23.4. The van der Waals surface area contributed by atoms with E-state index in [2.05, 4.69) is 46.4 Å². The van der Waals surface area contributed by atoms with Crippen LogP contribution >= 0.6 is 0 Å². The van der Waals surface area contributed by atoms with Crippen LogP contribution < -0.4 is 26.6 Å². The molecule has 13 nitrogen and oxygen atoms in total. The van der Waals surface area contributed by atoms with E-state index in [0.717, 1.165) is 19.3 Å². The topological polar surface area (TPSA) is 175 Å². The van der Waals surface area contributed by atoms with E-state index in [1.807, 2.05) is 48.5 Å². The number of carbonyl (C=O) groups is 6. The second-order valence-electron chi connectivity index (χ2n) is 16.9. The van der Waals surface area contributed by atoms with Crippen LogP contribution in [-0.4, -0.2) is 90.4 Å². The lowest BCUT2D eigenvalue weighted by molar-refractivity contribution is -0.146. The van der Waals surface area contributed by atoms with Crippen molar-refractivity contribution in [1.29, 1.82) is 0 Å². The number of ether oxygens (including phenoxy) is 1. The maximum atomic E-state index is 14.8. The Bertz CT molecular complexity index is 1340. The molecule has 2 saturated carbocycles. The average Bonchev–Trinajstić information content (AvgIpc) is 3.35. The summed E-state index contributed by atoms with van der Waals surface area (Å²) in [5, 5.41) is 14.0. The summed E-state index contributed by atoms with van der Waals surface area (Å²) in [5.41, 5.74) is -1.29. The minimum absolute atomic E-state index is 0.0537. The number of hydrogen-bond donors (Lipinski definition) is 5. The van der Waals surface area contributed by atoms with Crippen LogP contribution in [0.25, 0.3) is 0 Å². The summed E-state index contributed by atoms with van der Waals surface area (Å²) < 4.78 is 5.42. The van der Waals surface area contributed by atoms with E-state index < -0.39 is 64.7 Å². The van der Waals surface area contributed by atoms with Crippen molar-refractivity contribution < 1.29 is 33.5 Å². The Kier molecular flexibility index (Phi) is 14.0. The highest BCUT2D eigenvalue weighted by molar-refractivity contribution is 6.38. The van der Waals surface area contributed by atoms with Crippen LogP contribution in [0.15, 0.2) is 0 Å². The lowest BCUT2D eigenvalue weighted by Crippen LogP contribution is -2.63. The van der Waals surface area contributed by atoms with Crippen LogP contribution in [0.1, 0.15) is 114 Å². The van der Waals surface area contributed by atoms with Crippen molar-refractivity contribution in [2.75, 3.05) is 19.7 Å². The lowest BCUT2D eigenvalue weighted by atomic mass is 9.70. The lowest BCUT2D eigenvalue weighted by Gasteiger charge is -2.43. The molecule has 0 radical (unpaired) electrons. The van der Waals surface area contributed by atoms with Crippen molar-refractivity contribution in [2.45, 2.75) is 144 Å². The Hall–Kier alpha value is -3.82. The van der Waals surface area contributed by atoms with Gasteiger partial charge in [0.15, 0.2) is 0 Å². The molecule has 1 saturated heterocycles. The van der Waals surface area contributed by atoms with Crippen molar-refractivity contribution in [3.63, 3.8) is 0 Å². The van der Waals surface area contributed by atoms with Gasteiger partial charge in [-0.15, -0.1) is 12.3 Å². The van der Waals surface area contributed by atoms with E-state index in [0.29, 0.717) is 32.4 Å². The molecule has 3 fully saturated rings. The number of likely N-dealkylation sites (tertiary alicyclic amines) is 1. The second-order valence-corrected chi connectivity index (χ2v) is 16.9. The molecule has 0 aromatic heterocycles. The number of terminal acetylenes is 1. The number of alkyl carbamates (subject to hydrolysis) is 1. The highest BCUT2D eigenvalue weighted by atomic mass is 16.5. The number of hydrogen-bond acceptors (Lipinski definition) is 7. The minimum atomic E-state index is -1.14. The SMILES string of the molecule is C#CCCC(NC(=O)C1[C@@H]2C(CN1C(=O)C(NC(=O)N[C@H](COC(=O)NC(C)C)C(C)(C)C)C1(C)CCCCC1)C2(C)C)C(=O)C(=O)NCCC. The number of nitrogens with zero attached hydrogens (tertiary/aromatic N) is 1. The Morgan fingerprint density at radius 3 is 2.18 bits per heavy atom. The van der Waals surface area contributed by atoms with Crippen LogP contribution in [0.3, 0.4) is 0 Å². The van der Waals surface area contributed by atoms with Gasteiger partial charge in [0, 0.05) is 25.6 Å². The van der Waals surface area contributed by atoms with Crippen molar-refractivity contribution in [3.8, 4) is 12.3 Å². The van der Waals surface area contributed by atoms with Crippen LogP contribution in [-0.2, 0) is 23.9 Å². The number of rotatable bonds is 15. The van der Waals surface area contributed by atoms with Gasteiger partial charge in [0.2, 0.25) is 17.6 Å². The van der Waals surface area contributed by atoms with E-state index >= 15 is 0 Å². The van der Waals surface area contributed by atoms with Crippen molar-refractivity contribution in [2.24, 2.45) is 28.1 Å². The molecule has 6 atom stereocenters. The zero-order chi connectivity index (χ0) is 38.3. The zero-order valence-corrected chi connectivity index (χ0v) is 32.2. The van der Waals surface area contributed by atoms with E-state index in [1.165, 1.54) is 0 Å². The molecule has 1 aliphatic heterocycles. The molecule has 0 aromatic carbocycles. The van der Waals surface area contributed by atoms with Gasteiger partial charge in [0.25, 0.3) is 5.91 Å². The molecule has 6 amide bonds. The van der Waals surface area contributed by atoms with Gasteiger partial charge in [-0.25, -0.2) is 9.59 Å². The number of carbonyl (C=O) groups excluding carboxylic acids is 6. The quantitative estimate of drug-likeness (QED) is 0.127. The van der Waals surface area contributed by atoms with Gasteiger partial charge < -0.3 is 36.2 Å². The summed E-state index contributed by atoms with van der Waals surface area (Å²) in [4.78, 5) is 82.3. The smallest absolute Gasteiger partial charge is 0.407 e. The van der Waals surface area contributed by atoms with Gasteiger partial charge >= 0.3 is 12.1 Å². The average molecular weight is 715 g/mol. The maximum absolute atomic E-state index is 14.8. The number of amides is 6. The summed E-state index contributed by atoms with van der Waals surface area (Å²) in [6.45, 7) is 18.0. The van der Waals surface area contributed by atoms with E-state index in [1.54, 1.807) is 4.90 Å². The Morgan fingerprint density at radius 1 is 0.961 bits per heavy atom. The molecule has 0 bridgehead atoms. The monoisotopic (exact) mass is 714 g/mol. The van der Waals surface area contributed by atoms with Crippen LogP contribution in [0.4, 0.5) is 9.59 Å². The fourth-order valence-corrected chi connectivity index (χ4v) is 7.67. The highest BCUT2D eigenvalue weighted by Gasteiger charge is 2.70. The van der Waals surface area contributed by atoms with Crippen LogP contribution in [0.5, 0.6) is 0 Å². The predicted molar refractivity (Wildman–Crippen MR) is 194 cm³/mol. The van der Waals surface area contributed by atoms with E-state index in [4.69, 9.17) is 11.2 Å². The summed E-state index contributed by atoms with van der Waals surface area (Å²) in [5.74, 6) is -0.0643. The van der Waals surface area contributed by atoms with Crippen LogP contribution in [0, 0.1) is 40.4 Å². The third kappa shape index (κ3) is 10.4. The molecule has 0 spiro atoms. The first-order chi connectivity index (χ1) is 23.8.